The number of carbonyl (C=O) groups is 1. The molecular formula is C10H10O4S. The molecule has 0 unspecified atom stereocenters. The van der Waals surface area contributed by atoms with Gasteiger partial charge in [0, 0.05) is 17.7 Å². The summed E-state index contributed by atoms with van der Waals surface area (Å²) in [6.45, 7) is 0. The van der Waals surface area contributed by atoms with Gasteiger partial charge < -0.3 is 4.74 Å². The van der Waals surface area contributed by atoms with E-state index in [-0.39, 0.29) is 0 Å². The van der Waals surface area contributed by atoms with Gasteiger partial charge in [-0.25, -0.2) is 13.2 Å². The summed E-state index contributed by atoms with van der Waals surface area (Å²) in [5.41, 5.74) is 0. The molecule has 0 aromatic heterocycles. The van der Waals surface area contributed by atoms with Gasteiger partial charge in [0.05, 0.1) is 0 Å². The zero-order valence-electron chi connectivity index (χ0n) is 8.08. The smallest absolute Gasteiger partial charge is 0.336 e. The molecule has 0 bridgehead atoms. The molecule has 4 nitrogen and oxygen atoms in total. The van der Waals surface area contributed by atoms with E-state index in [0.29, 0.717) is 5.75 Å². The van der Waals surface area contributed by atoms with E-state index >= 15 is 0 Å². The minimum atomic E-state index is -3.29. The normalized spacial score (nSPS) is 11.5. The highest BCUT2D eigenvalue weighted by molar-refractivity contribution is 7.93. The third kappa shape index (κ3) is 4.97. The van der Waals surface area contributed by atoms with E-state index in [4.69, 9.17) is 4.74 Å². The number of rotatable bonds is 3. The van der Waals surface area contributed by atoms with Crippen molar-refractivity contribution in [3.63, 3.8) is 0 Å². The summed E-state index contributed by atoms with van der Waals surface area (Å²) in [6.07, 6.45) is 1.88. The molecule has 0 heterocycles. The van der Waals surface area contributed by atoms with E-state index in [9.17, 15) is 13.2 Å². The maximum Gasteiger partial charge on any atom is 0.336 e. The molecule has 0 aliphatic carbocycles. The third-order valence-corrected chi connectivity index (χ3v) is 2.04. The van der Waals surface area contributed by atoms with Crippen LogP contribution in [0, 0.1) is 0 Å². The number of sulfone groups is 1. The molecule has 1 rings (SSSR count). The van der Waals surface area contributed by atoms with Crippen molar-refractivity contribution in [1.82, 2.24) is 0 Å². The first-order valence-corrected chi connectivity index (χ1v) is 6.08. The van der Waals surface area contributed by atoms with Gasteiger partial charge in [0.1, 0.15) is 5.75 Å². The summed E-state index contributed by atoms with van der Waals surface area (Å²) in [4.78, 5) is 11.1. The van der Waals surface area contributed by atoms with Gasteiger partial charge in [0.25, 0.3) is 0 Å². The van der Waals surface area contributed by atoms with Crippen LogP contribution in [0.3, 0.4) is 0 Å². The maximum atomic E-state index is 11.1. The fourth-order valence-corrected chi connectivity index (χ4v) is 1.18. The van der Waals surface area contributed by atoms with Gasteiger partial charge >= 0.3 is 5.97 Å². The van der Waals surface area contributed by atoms with Crippen molar-refractivity contribution in [3.8, 4) is 5.75 Å². The van der Waals surface area contributed by atoms with Crippen LogP contribution in [-0.4, -0.2) is 20.6 Å². The van der Waals surface area contributed by atoms with E-state index < -0.39 is 15.8 Å². The van der Waals surface area contributed by atoms with E-state index in [1.165, 1.54) is 0 Å². The predicted molar refractivity (Wildman–Crippen MR) is 56.1 cm³/mol. The van der Waals surface area contributed by atoms with E-state index in [2.05, 4.69) is 0 Å². The number of hydrogen-bond donors (Lipinski definition) is 0. The molecule has 0 N–H and O–H groups in total. The summed E-state index contributed by atoms with van der Waals surface area (Å²) in [6, 6.07) is 8.41. The zero-order valence-corrected chi connectivity index (χ0v) is 8.90. The molecule has 0 aliphatic rings. The van der Waals surface area contributed by atoms with Crippen molar-refractivity contribution in [2.24, 2.45) is 0 Å². The van der Waals surface area contributed by atoms with Crippen molar-refractivity contribution in [1.29, 1.82) is 0 Å². The van der Waals surface area contributed by atoms with Crippen LogP contribution in [-0.2, 0) is 14.6 Å². The Morgan fingerprint density at radius 3 is 2.40 bits per heavy atom. The molecule has 0 amide bonds. The third-order valence-electron chi connectivity index (χ3n) is 1.41. The Bertz CT molecular complexity index is 459. The summed E-state index contributed by atoms with van der Waals surface area (Å²) < 4.78 is 26.2. The lowest BCUT2D eigenvalue weighted by molar-refractivity contribution is -0.128. The Labute approximate surface area is 88.1 Å². The Balaban J connectivity index is 2.62. The standard InChI is InChI=1S/C10H10O4S/c1-15(12,13)8-7-10(11)14-9-5-3-2-4-6-9/h2-8H,1H3. The van der Waals surface area contributed by atoms with Crippen LogP contribution in [0.5, 0.6) is 5.75 Å². The SMILES string of the molecule is CS(=O)(=O)C=CC(=O)Oc1ccccc1. The Morgan fingerprint density at radius 2 is 1.87 bits per heavy atom. The van der Waals surface area contributed by atoms with Crippen molar-refractivity contribution < 1.29 is 17.9 Å². The lowest BCUT2D eigenvalue weighted by Gasteiger charge is -1.98. The second-order valence-corrected chi connectivity index (χ2v) is 4.80. The zero-order chi connectivity index (χ0) is 11.3. The number of ether oxygens (including phenoxy) is 1. The molecule has 5 heteroatoms. The van der Waals surface area contributed by atoms with Crippen molar-refractivity contribution in [2.45, 2.75) is 0 Å². The first-order valence-electron chi connectivity index (χ1n) is 4.12. The van der Waals surface area contributed by atoms with Gasteiger partial charge in [0.2, 0.25) is 0 Å². The number of benzene rings is 1. The molecular weight excluding hydrogens is 216 g/mol. The predicted octanol–water partition coefficient (Wildman–Crippen LogP) is 1.15. The van der Waals surface area contributed by atoms with Crippen molar-refractivity contribution in [2.75, 3.05) is 6.26 Å². The lowest BCUT2D eigenvalue weighted by atomic mass is 10.3. The molecule has 80 valence electrons. The van der Waals surface area contributed by atoms with Gasteiger partial charge in [-0.3, -0.25) is 0 Å². The average Bonchev–Trinajstić information content (AvgIpc) is 2.15. The molecule has 1 aromatic carbocycles. The van der Waals surface area contributed by atoms with Gasteiger partial charge in [-0.2, -0.15) is 0 Å². The quantitative estimate of drug-likeness (QED) is 0.440. The van der Waals surface area contributed by atoms with E-state index in [1.807, 2.05) is 0 Å². The van der Waals surface area contributed by atoms with Crippen LogP contribution in [0.15, 0.2) is 41.8 Å². The average molecular weight is 226 g/mol. The number of para-hydroxylation sites is 1. The highest BCUT2D eigenvalue weighted by atomic mass is 32.2. The molecule has 0 spiro atoms. The fraction of sp³-hybridized carbons (Fsp3) is 0.100. The van der Waals surface area contributed by atoms with Gasteiger partial charge in [-0.15, -0.1) is 0 Å². The van der Waals surface area contributed by atoms with Gasteiger partial charge in [-0.05, 0) is 12.1 Å². The molecule has 0 saturated heterocycles. The largest absolute Gasteiger partial charge is 0.423 e. The molecule has 0 saturated carbocycles. The Hall–Kier alpha value is -1.62. The van der Waals surface area contributed by atoms with Crippen molar-refractivity contribution >= 4 is 15.8 Å². The monoisotopic (exact) mass is 226 g/mol. The van der Waals surface area contributed by atoms with E-state index in [0.717, 1.165) is 17.7 Å². The van der Waals surface area contributed by atoms with Crippen LogP contribution in [0.25, 0.3) is 0 Å². The maximum absolute atomic E-state index is 11.1. The first kappa shape index (κ1) is 11.5. The molecule has 0 atom stereocenters. The first-order chi connectivity index (χ1) is 6.97. The Morgan fingerprint density at radius 1 is 1.27 bits per heavy atom. The highest BCUT2D eigenvalue weighted by Crippen LogP contribution is 2.08. The minimum Gasteiger partial charge on any atom is -0.423 e. The van der Waals surface area contributed by atoms with Crippen LogP contribution in [0.2, 0.25) is 0 Å². The molecule has 0 fully saturated rings. The number of hydrogen-bond acceptors (Lipinski definition) is 4. The van der Waals surface area contributed by atoms with Gasteiger partial charge in [0.15, 0.2) is 9.84 Å². The fourth-order valence-electron chi connectivity index (χ4n) is 0.818. The molecule has 1 aromatic rings. The van der Waals surface area contributed by atoms with Crippen LogP contribution >= 0.6 is 0 Å². The number of carbonyl (C=O) groups excluding carboxylic acids is 1. The lowest BCUT2D eigenvalue weighted by Crippen LogP contribution is -2.04. The molecule has 0 aliphatic heterocycles. The summed E-state index contributed by atoms with van der Waals surface area (Å²) in [7, 11) is -3.29. The van der Waals surface area contributed by atoms with Crippen LogP contribution < -0.4 is 4.74 Å². The molecule has 15 heavy (non-hydrogen) atoms. The van der Waals surface area contributed by atoms with Crippen molar-refractivity contribution in [3.05, 3.63) is 41.8 Å². The Kier molecular flexibility index (Phi) is 3.62. The van der Waals surface area contributed by atoms with Gasteiger partial charge in [-0.1, -0.05) is 18.2 Å². The van der Waals surface area contributed by atoms with E-state index in [1.54, 1.807) is 30.3 Å². The summed E-state index contributed by atoms with van der Waals surface area (Å²) >= 11 is 0. The summed E-state index contributed by atoms with van der Waals surface area (Å²) in [5.74, 6) is -0.340. The summed E-state index contributed by atoms with van der Waals surface area (Å²) in [5, 5.41) is 0.804. The topological polar surface area (TPSA) is 60.4 Å². The number of esters is 1. The van der Waals surface area contributed by atoms with Crippen LogP contribution in [0.4, 0.5) is 0 Å². The minimum absolute atomic E-state index is 0.376. The second kappa shape index (κ2) is 4.75. The molecule has 0 radical (unpaired) electrons. The highest BCUT2D eigenvalue weighted by Gasteiger charge is 2.01. The van der Waals surface area contributed by atoms with Crippen LogP contribution in [0.1, 0.15) is 0 Å². The second-order valence-electron chi connectivity index (χ2n) is 2.87.